The molecule has 7 nitrogen and oxygen atoms in total. The van der Waals surface area contributed by atoms with Crippen LogP contribution in [0.1, 0.15) is 45.6 Å². The van der Waals surface area contributed by atoms with Gasteiger partial charge >= 0.3 is 0 Å². The lowest BCUT2D eigenvalue weighted by Crippen LogP contribution is -2.56. The number of unbranched alkanes of at least 4 members (excludes halogenated alkanes) is 1. The van der Waals surface area contributed by atoms with Crippen molar-refractivity contribution < 1.29 is 9.59 Å². The van der Waals surface area contributed by atoms with E-state index in [0.717, 1.165) is 40.8 Å². The number of carbonyl (C=O) groups excluding carboxylic acids is 2. The third-order valence-corrected chi connectivity index (χ3v) is 7.75. The van der Waals surface area contributed by atoms with Crippen molar-refractivity contribution in [1.82, 2.24) is 24.6 Å². The highest BCUT2D eigenvalue weighted by atomic mass is 32.2. The standard InChI is InChI=1S/C29H37N5O2S/c1-21(2)28(36)33-18-17-32(20-23(33)4)26(35)12-8-9-19-37-29-31-30-27(24-15-13-22(3)14-16-24)34(29)25-10-6-5-7-11-25/h5-7,10-11,13-16,21,23H,8-9,12,17-20H2,1-4H3. The van der Waals surface area contributed by atoms with Crippen molar-refractivity contribution in [2.45, 2.75) is 58.2 Å². The number of hydrogen-bond acceptors (Lipinski definition) is 5. The van der Waals surface area contributed by atoms with E-state index in [0.29, 0.717) is 26.1 Å². The molecule has 1 fully saturated rings. The van der Waals surface area contributed by atoms with Gasteiger partial charge in [-0.3, -0.25) is 14.2 Å². The quantitative estimate of drug-likeness (QED) is 0.286. The summed E-state index contributed by atoms with van der Waals surface area (Å²) in [7, 11) is 0. The molecule has 1 aliphatic heterocycles. The van der Waals surface area contributed by atoms with Gasteiger partial charge in [-0.25, -0.2) is 0 Å². The summed E-state index contributed by atoms with van der Waals surface area (Å²) in [5, 5.41) is 9.88. The fourth-order valence-electron chi connectivity index (χ4n) is 4.61. The Morgan fingerprint density at radius 3 is 2.41 bits per heavy atom. The average Bonchev–Trinajstić information content (AvgIpc) is 3.32. The fourth-order valence-corrected chi connectivity index (χ4v) is 5.56. The molecule has 1 saturated heterocycles. The van der Waals surface area contributed by atoms with Gasteiger partial charge < -0.3 is 9.80 Å². The van der Waals surface area contributed by atoms with Crippen LogP contribution >= 0.6 is 11.8 Å². The Morgan fingerprint density at radius 1 is 1.00 bits per heavy atom. The van der Waals surface area contributed by atoms with Gasteiger partial charge in [0.1, 0.15) is 0 Å². The highest BCUT2D eigenvalue weighted by Crippen LogP contribution is 2.28. The van der Waals surface area contributed by atoms with E-state index >= 15 is 0 Å². The molecule has 1 unspecified atom stereocenters. The van der Waals surface area contributed by atoms with Crippen LogP contribution in [-0.2, 0) is 9.59 Å². The van der Waals surface area contributed by atoms with Crippen molar-refractivity contribution in [3.05, 3.63) is 60.2 Å². The van der Waals surface area contributed by atoms with Crippen LogP contribution < -0.4 is 0 Å². The van der Waals surface area contributed by atoms with Gasteiger partial charge in [-0.1, -0.05) is 73.6 Å². The van der Waals surface area contributed by atoms with Crippen molar-refractivity contribution in [2.75, 3.05) is 25.4 Å². The normalized spacial score (nSPS) is 15.9. The summed E-state index contributed by atoms with van der Waals surface area (Å²) in [5.41, 5.74) is 3.27. The fraction of sp³-hybridized carbons (Fsp3) is 0.448. The van der Waals surface area contributed by atoms with Crippen LogP contribution in [0.3, 0.4) is 0 Å². The minimum absolute atomic E-state index is 0.0112. The molecule has 0 bridgehead atoms. The summed E-state index contributed by atoms with van der Waals surface area (Å²) in [6.07, 6.45) is 2.28. The zero-order valence-electron chi connectivity index (χ0n) is 22.3. The third kappa shape index (κ3) is 6.60. The summed E-state index contributed by atoms with van der Waals surface area (Å²) in [4.78, 5) is 29.0. The smallest absolute Gasteiger partial charge is 0.225 e. The first-order valence-corrected chi connectivity index (χ1v) is 14.1. The van der Waals surface area contributed by atoms with Crippen LogP contribution in [0.5, 0.6) is 0 Å². The summed E-state index contributed by atoms with van der Waals surface area (Å²) in [6, 6.07) is 18.6. The zero-order valence-corrected chi connectivity index (χ0v) is 23.1. The average molecular weight is 520 g/mol. The second-order valence-corrected chi connectivity index (χ2v) is 11.1. The first kappa shape index (κ1) is 26.9. The van der Waals surface area contributed by atoms with Gasteiger partial charge in [0.05, 0.1) is 0 Å². The minimum Gasteiger partial charge on any atom is -0.339 e. The second-order valence-electron chi connectivity index (χ2n) is 10.0. The Balaban J connectivity index is 1.31. The molecule has 0 spiro atoms. The number of aryl methyl sites for hydroxylation is 1. The molecule has 1 aromatic heterocycles. The molecule has 8 heteroatoms. The van der Waals surface area contributed by atoms with Crippen molar-refractivity contribution in [3.8, 4) is 17.1 Å². The molecular formula is C29H37N5O2S. The molecule has 196 valence electrons. The highest BCUT2D eigenvalue weighted by Gasteiger charge is 2.30. The number of piperazine rings is 1. The Bertz CT molecular complexity index is 1190. The second kappa shape index (κ2) is 12.4. The molecule has 2 aromatic carbocycles. The largest absolute Gasteiger partial charge is 0.339 e. The van der Waals surface area contributed by atoms with Gasteiger partial charge in [-0.15, -0.1) is 10.2 Å². The minimum atomic E-state index is -0.0112. The summed E-state index contributed by atoms with van der Waals surface area (Å²) in [6.45, 7) is 9.83. The van der Waals surface area contributed by atoms with E-state index in [1.807, 2.05) is 48.8 Å². The molecule has 0 aliphatic carbocycles. The first-order valence-electron chi connectivity index (χ1n) is 13.1. The topological polar surface area (TPSA) is 71.3 Å². The maximum atomic E-state index is 12.8. The molecule has 1 atom stereocenters. The molecule has 3 aromatic rings. The molecule has 4 rings (SSSR count). The summed E-state index contributed by atoms with van der Waals surface area (Å²) >= 11 is 1.67. The Labute approximate surface area is 224 Å². The first-order chi connectivity index (χ1) is 17.8. The lowest BCUT2D eigenvalue weighted by molar-refractivity contribution is -0.144. The van der Waals surface area contributed by atoms with Gasteiger partial charge in [0, 0.05) is 55.0 Å². The predicted octanol–water partition coefficient (Wildman–Crippen LogP) is 5.22. The van der Waals surface area contributed by atoms with Gasteiger partial charge in [0.2, 0.25) is 11.8 Å². The summed E-state index contributed by atoms with van der Waals surface area (Å²) in [5.74, 6) is 2.03. The lowest BCUT2D eigenvalue weighted by Gasteiger charge is -2.40. The number of carbonyl (C=O) groups is 2. The van der Waals surface area contributed by atoms with Gasteiger partial charge in [-0.05, 0) is 38.8 Å². The van der Waals surface area contributed by atoms with Crippen molar-refractivity contribution in [2.24, 2.45) is 5.92 Å². The molecule has 1 aliphatic rings. The Hall–Kier alpha value is -3.13. The SMILES string of the molecule is Cc1ccc(-c2nnc(SCCCCC(=O)N3CCN(C(=O)C(C)C)C(C)C3)n2-c2ccccc2)cc1. The van der Waals surface area contributed by atoms with Gasteiger partial charge in [0.15, 0.2) is 11.0 Å². The Morgan fingerprint density at radius 2 is 1.73 bits per heavy atom. The number of thioether (sulfide) groups is 1. The molecule has 37 heavy (non-hydrogen) atoms. The van der Waals surface area contributed by atoms with Crippen LogP contribution in [0.25, 0.3) is 17.1 Å². The van der Waals surface area contributed by atoms with Crippen molar-refractivity contribution >= 4 is 23.6 Å². The molecule has 0 saturated carbocycles. The predicted molar refractivity (Wildman–Crippen MR) is 149 cm³/mol. The van der Waals surface area contributed by atoms with E-state index in [-0.39, 0.29) is 23.8 Å². The molecular weight excluding hydrogens is 482 g/mol. The van der Waals surface area contributed by atoms with Crippen molar-refractivity contribution in [1.29, 1.82) is 0 Å². The van der Waals surface area contributed by atoms with Crippen LogP contribution in [0.15, 0.2) is 59.8 Å². The van der Waals surface area contributed by atoms with Crippen LogP contribution in [0.4, 0.5) is 0 Å². The molecule has 0 radical (unpaired) electrons. The van der Waals surface area contributed by atoms with E-state index in [1.165, 1.54) is 5.56 Å². The third-order valence-electron chi connectivity index (χ3n) is 6.73. The number of para-hydroxylation sites is 1. The maximum Gasteiger partial charge on any atom is 0.225 e. The number of rotatable bonds is 9. The highest BCUT2D eigenvalue weighted by molar-refractivity contribution is 7.99. The zero-order chi connectivity index (χ0) is 26.4. The van der Waals surface area contributed by atoms with Gasteiger partial charge in [0.25, 0.3) is 0 Å². The number of hydrogen-bond donors (Lipinski definition) is 0. The number of benzene rings is 2. The van der Waals surface area contributed by atoms with Gasteiger partial charge in [-0.2, -0.15) is 0 Å². The maximum absolute atomic E-state index is 12.8. The van der Waals surface area contributed by atoms with Crippen LogP contribution in [0.2, 0.25) is 0 Å². The van der Waals surface area contributed by atoms with E-state index < -0.39 is 0 Å². The number of aromatic nitrogens is 3. The van der Waals surface area contributed by atoms with E-state index in [2.05, 4.69) is 58.1 Å². The van der Waals surface area contributed by atoms with E-state index in [4.69, 9.17) is 0 Å². The van der Waals surface area contributed by atoms with E-state index in [1.54, 1.807) is 11.8 Å². The molecule has 0 N–H and O–H groups in total. The Kier molecular flexibility index (Phi) is 9.03. The van der Waals surface area contributed by atoms with E-state index in [9.17, 15) is 9.59 Å². The van der Waals surface area contributed by atoms with Crippen LogP contribution in [-0.4, -0.2) is 67.8 Å². The monoisotopic (exact) mass is 519 g/mol. The molecule has 2 amide bonds. The number of amides is 2. The van der Waals surface area contributed by atoms with Crippen molar-refractivity contribution in [3.63, 3.8) is 0 Å². The lowest BCUT2D eigenvalue weighted by atomic mass is 10.1. The van der Waals surface area contributed by atoms with Crippen LogP contribution in [0, 0.1) is 12.8 Å². The number of nitrogens with zero attached hydrogens (tertiary/aromatic N) is 5. The summed E-state index contributed by atoms with van der Waals surface area (Å²) < 4.78 is 2.11. The molecule has 2 heterocycles.